The van der Waals surface area contributed by atoms with E-state index in [2.05, 4.69) is 20.7 Å². The van der Waals surface area contributed by atoms with Gasteiger partial charge < -0.3 is 10.1 Å². The third kappa shape index (κ3) is 4.26. The number of hydrogen-bond acceptors (Lipinski definition) is 5. The van der Waals surface area contributed by atoms with Crippen LogP contribution in [0, 0.1) is 0 Å². The minimum Gasteiger partial charge on any atom is -0.457 e. The van der Waals surface area contributed by atoms with Gasteiger partial charge in [0.25, 0.3) is 0 Å². The zero-order valence-corrected chi connectivity index (χ0v) is 16.0. The van der Waals surface area contributed by atoms with Gasteiger partial charge >= 0.3 is 0 Å². The second kappa shape index (κ2) is 8.14. The summed E-state index contributed by atoms with van der Waals surface area (Å²) in [6, 6.07) is 15.8. The number of ether oxygens (including phenoxy) is 1. The Morgan fingerprint density at radius 3 is 2.62 bits per heavy atom. The number of hydrogen-bond donors (Lipinski definition) is 2. The van der Waals surface area contributed by atoms with E-state index in [-0.39, 0.29) is 18.2 Å². The van der Waals surface area contributed by atoms with Crippen LogP contribution in [0.4, 0.5) is 11.6 Å². The van der Waals surface area contributed by atoms with Crippen LogP contribution in [0.1, 0.15) is 31.6 Å². The van der Waals surface area contributed by atoms with E-state index in [0.29, 0.717) is 29.6 Å². The zero-order valence-electron chi connectivity index (χ0n) is 16.0. The summed E-state index contributed by atoms with van der Waals surface area (Å²) in [6.45, 7) is 2.02. The molecular weight excluding hydrogens is 370 g/mol. The number of aromatic nitrogens is 3. The van der Waals surface area contributed by atoms with Crippen molar-refractivity contribution in [3.8, 4) is 11.5 Å². The van der Waals surface area contributed by atoms with Gasteiger partial charge in [-0.25, -0.2) is 4.68 Å². The summed E-state index contributed by atoms with van der Waals surface area (Å²) in [6.07, 6.45) is 1.59. The number of nitrogens with zero attached hydrogens (tertiary/aromatic N) is 3. The van der Waals surface area contributed by atoms with Crippen molar-refractivity contribution in [2.75, 3.05) is 10.6 Å². The Hall–Kier alpha value is -3.68. The zero-order chi connectivity index (χ0) is 20.2. The molecule has 148 valence electrons. The number of aryl methyl sites for hydroxylation is 1. The number of fused-ring (bicyclic) bond motifs is 1. The molecule has 0 saturated carbocycles. The lowest BCUT2D eigenvalue weighted by Crippen LogP contribution is -2.36. The maximum Gasteiger partial charge on any atom is 0.249 e. The van der Waals surface area contributed by atoms with Crippen molar-refractivity contribution in [2.24, 2.45) is 0 Å². The van der Waals surface area contributed by atoms with Crippen molar-refractivity contribution in [2.45, 2.75) is 32.2 Å². The summed E-state index contributed by atoms with van der Waals surface area (Å²) in [7, 11) is 0. The first-order chi connectivity index (χ1) is 14.1. The van der Waals surface area contributed by atoms with Crippen molar-refractivity contribution in [3.63, 3.8) is 0 Å². The fourth-order valence-electron chi connectivity index (χ4n) is 3.10. The molecule has 1 aliphatic heterocycles. The van der Waals surface area contributed by atoms with Gasteiger partial charge in [0.15, 0.2) is 5.82 Å². The Morgan fingerprint density at radius 1 is 1.17 bits per heavy atom. The average Bonchev–Trinajstić information content (AvgIpc) is 3.12. The number of para-hydroxylation sites is 1. The minimum absolute atomic E-state index is 0.0168. The molecule has 0 aliphatic carbocycles. The molecule has 0 radical (unpaired) electrons. The van der Waals surface area contributed by atoms with Crippen LogP contribution in [0.5, 0.6) is 11.5 Å². The maximum atomic E-state index is 12.8. The Bertz CT molecular complexity index is 1010. The van der Waals surface area contributed by atoms with Crippen LogP contribution < -0.4 is 15.4 Å². The van der Waals surface area contributed by atoms with Crippen molar-refractivity contribution in [3.05, 3.63) is 60.4 Å². The summed E-state index contributed by atoms with van der Waals surface area (Å²) in [5.41, 5.74) is 0.608. The summed E-state index contributed by atoms with van der Waals surface area (Å²) in [5, 5.41) is 9.90. The van der Waals surface area contributed by atoms with E-state index in [4.69, 9.17) is 4.74 Å². The Kier molecular flexibility index (Phi) is 5.24. The lowest BCUT2D eigenvalue weighted by atomic mass is 10.1. The van der Waals surface area contributed by atoms with Gasteiger partial charge in [0.2, 0.25) is 17.8 Å². The molecule has 1 aliphatic rings. The van der Waals surface area contributed by atoms with Crippen molar-refractivity contribution >= 4 is 23.5 Å². The Balaban J connectivity index is 1.46. The molecule has 29 heavy (non-hydrogen) atoms. The van der Waals surface area contributed by atoms with Crippen LogP contribution >= 0.6 is 0 Å². The molecule has 0 spiro atoms. The molecule has 8 heteroatoms. The van der Waals surface area contributed by atoms with Gasteiger partial charge in [-0.3, -0.25) is 14.9 Å². The number of anilines is 2. The fraction of sp³-hybridized carbons (Fsp3) is 0.238. The maximum absolute atomic E-state index is 12.8. The molecule has 3 aromatic rings. The van der Waals surface area contributed by atoms with Gasteiger partial charge in [0.05, 0.1) is 6.42 Å². The monoisotopic (exact) mass is 391 g/mol. The molecule has 0 bridgehead atoms. The molecule has 2 aromatic carbocycles. The molecule has 2 amide bonds. The summed E-state index contributed by atoms with van der Waals surface area (Å²) in [4.78, 5) is 29.1. The smallest absolute Gasteiger partial charge is 0.249 e. The van der Waals surface area contributed by atoms with E-state index in [1.807, 2.05) is 37.3 Å². The van der Waals surface area contributed by atoms with Crippen LogP contribution in [0.15, 0.2) is 54.6 Å². The standard InChI is InChI=1S/C21H21N5O3/c1-2-6-18-23-21-24-19(27)13-17(26(21)25-18)20(28)22-14-9-11-16(12-10-14)29-15-7-4-3-5-8-15/h3-5,7-12,17H,2,6,13H2,1H3,(H,22,28)(H,23,24,25,27)/t17-/m1/s1. The molecule has 8 nitrogen and oxygen atoms in total. The molecule has 1 aromatic heterocycles. The van der Waals surface area contributed by atoms with E-state index >= 15 is 0 Å². The SMILES string of the molecule is CCCc1nc2n(n1)[C@@H](C(=O)Nc1ccc(Oc3ccccc3)cc1)CC(=O)N2. The number of amides is 2. The average molecular weight is 391 g/mol. The van der Waals surface area contributed by atoms with Gasteiger partial charge in [0, 0.05) is 12.1 Å². The lowest BCUT2D eigenvalue weighted by Gasteiger charge is -2.22. The molecule has 2 heterocycles. The highest BCUT2D eigenvalue weighted by Crippen LogP contribution is 2.26. The molecule has 0 unspecified atom stereocenters. The fourth-order valence-corrected chi connectivity index (χ4v) is 3.10. The van der Waals surface area contributed by atoms with Crippen LogP contribution in [0.2, 0.25) is 0 Å². The predicted octanol–water partition coefficient (Wildman–Crippen LogP) is 3.54. The van der Waals surface area contributed by atoms with Crippen LogP contribution in [0.3, 0.4) is 0 Å². The first kappa shape index (κ1) is 18.7. The number of rotatable bonds is 6. The first-order valence-electron chi connectivity index (χ1n) is 9.51. The van der Waals surface area contributed by atoms with E-state index in [0.717, 1.165) is 12.2 Å². The quantitative estimate of drug-likeness (QED) is 0.670. The van der Waals surface area contributed by atoms with Gasteiger partial charge in [0.1, 0.15) is 17.5 Å². The van der Waals surface area contributed by atoms with Crippen molar-refractivity contribution in [1.82, 2.24) is 14.8 Å². The number of carbonyl (C=O) groups excluding carboxylic acids is 2. The Labute approximate surface area is 167 Å². The second-order valence-corrected chi connectivity index (χ2v) is 6.74. The van der Waals surface area contributed by atoms with Crippen LogP contribution in [0.25, 0.3) is 0 Å². The predicted molar refractivity (Wildman–Crippen MR) is 108 cm³/mol. The van der Waals surface area contributed by atoms with Crippen LogP contribution in [-0.4, -0.2) is 26.6 Å². The van der Waals surface area contributed by atoms with Crippen LogP contribution in [-0.2, 0) is 16.0 Å². The number of benzene rings is 2. The van der Waals surface area contributed by atoms with E-state index < -0.39 is 6.04 Å². The highest BCUT2D eigenvalue weighted by Gasteiger charge is 2.33. The van der Waals surface area contributed by atoms with Gasteiger partial charge in [-0.2, -0.15) is 10.1 Å². The molecule has 0 saturated heterocycles. The first-order valence-corrected chi connectivity index (χ1v) is 9.51. The number of carbonyl (C=O) groups is 2. The third-order valence-electron chi connectivity index (χ3n) is 4.48. The highest BCUT2D eigenvalue weighted by molar-refractivity contribution is 6.00. The normalized spacial score (nSPS) is 15.3. The van der Waals surface area contributed by atoms with E-state index in [1.165, 1.54) is 4.68 Å². The van der Waals surface area contributed by atoms with E-state index in [9.17, 15) is 9.59 Å². The summed E-state index contributed by atoms with van der Waals surface area (Å²) in [5.74, 6) is 1.76. The molecule has 1 atom stereocenters. The van der Waals surface area contributed by atoms with Crippen molar-refractivity contribution < 1.29 is 14.3 Å². The number of nitrogens with one attached hydrogen (secondary N) is 2. The van der Waals surface area contributed by atoms with Crippen molar-refractivity contribution in [1.29, 1.82) is 0 Å². The topological polar surface area (TPSA) is 98.1 Å². The van der Waals surface area contributed by atoms with Gasteiger partial charge in [-0.05, 0) is 42.8 Å². The highest BCUT2D eigenvalue weighted by atomic mass is 16.5. The van der Waals surface area contributed by atoms with E-state index in [1.54, 1.807) is 24.3 Å². The molecule has 2 N–H and O–H groups in total. The third-order valence-corrected chi connectivity index (χ3v) is 4.48. The Morgan fingerprint density at radius 2 is 1.90 bits per heavy atom. The molecular formula is C21H21N5O3. The second-order valence-electron chi connectivity index (χ2n) is 6.74. The minimum atomic E-state index is -0.739. The summed E-state index contributed by atoms with van der Waals surface area (Å²) >= 11 is 0. The molecule has 4 rings (SSSR count). The largest absolute Gasteiger partial charge is 0.457 e. The van der Waals surface area contributed by atoms with Gasteiger partial charge in [-0.15, -0.1) is 0 Å². The van der Waals surface area contributed by atoms with Gasteiger partial charge in [-0.1, -0.05) is 25.1 Å². The lowest BCUT2D eigenvalue weighted by molar-refractivity contribution is -0.125. The molecule has 0 fully saturated rings. The summed E-state index contributed by atoms with van der Waals surface area (Å²) < 4.78 is 7.25.